The number of carbonyl (C=O) groups is 1. The van der Waals surface area contributed by atoms with E-state index in [0.717, 1.165) is 0 Å². The zero-order valence-corrected chi connectivity index (χ0v) is 15.6. The minimum Gasteiger partial charge on any atom is -0.349 e. The Kier molecular flexibility index (Phi) is 6.05. The molecule has 1 amide bonds. The van der Waals surface area contributed by atoms with Gasteiger partial charge in [-0.15, -0.1) is 0 Å². The molecule has 4 heteroatoms. The van der Waals surface area contributed by atoms with Gasteiger partial charge in [0, 0.05) is 20.9 Å². The van der Waals surface area contributed by atoms with Crippen LogP contribution in [-0.2, 0) is 4.79 Å². The van der Waals surface area contributed by atoms with Crippen molar-refractivity contribution < 1.29 is 4.79 Å². The molecule has 0 spiro atoms. The third-order valence-electron chi connectivity index (χ3n) is 3.03. The molecule has 0 fully saturated rings. The summed E-state index contributed by atoms with van der Waals surface area (Å²) >= 11 is 4.83. The minimum atomic E-state index is -0.0268. The van der Waals surface area contributed by atoms with Crippen LogP contribution in [0, 0.1) is 11.8 Å². The van der Waals surface area contributed by atoms with E-state index in [9.17, 15) is 4.79 Å². The summed E-state index contributed by atoms with van der Waals surface area (Å²) in [7, 11) is 3.68. The van der Waals surface area contributed by atoms with E-state index in [2.05, 4.69) is 79.8 Å². The third-order valence-corrected chi connectivity index (χ3v) is 4.68. The first-order valence-electron chi connectivity index (χ1n) is 5.48. The van der Waals surface area contributed by atoms with E-state index in [-0.39, 0.29) is 18.7 Å². The van der Waals surface area contributed by atoms with E-state index in [4.69, 9.17) is 0 Å². The van der Waals surface area contributed by atoms with E-state index in [1.54, 1.807) is 4.90 Å². The highest BCUT2D eigenvalue weighted by atomic mass is 127. The molecular formula is C12H23I2NO. The molecule has 16 heavy (non-hydrogen) atoms. The fourth-order valence-electron chi connectivity index (χ4n) is 1.78. The fourth-order valence-corrected chi connectivity index (χ4v) is 2.94. The molecule has 0 aliphatic heterocycles. The van der Waals surface area contributed by atoms with Crippen LogP contribution in [-0.4, -0.2) is 31.7 Å². The van der Waals surface area contributed by atoms with Gasteiger partial charge in [-0.1, -0.05) is 79.8 Å². The van der Waals surface area contributed by atoms with Crippen molar-refractivity contribution >= 4 is 51.1 Å². The van der Waals surface area contributed by atoms with E-state index >= 15 is 0 Å². The summed E-state index contributed by atoms with van der Waals surface area (Å²) in [6.45, 7) is 10.8. The highest BCUT2D eigenvalue weighted by molar-refractivity contribution is 14.1. The molecule has 0 aromatic carbocycles. The second-order valence-electron chi connectivity index (χ2n) is 5.63. The Morgan fingerprint density at radius 3 is 1.62 bits per heavy atom. The first-order chi connectivity index (χ1) is 6.89. The maximum Gasteiger partial charge on any atom is 0.226 e. The molecule has 0 saturated carbocycles. The van der Waals surface area contributed by atoms with Crippen molar-refractivity contribution in [2.45, 2.75) is 41.5 Å². The Bertz CT molecular complexity index is 251. The van der Waals surface area contributed by atoms with E-state index in [0.29, 0.717) is 5.92 Å². The van der Waals surface area contributed by atoms with Crippen molar-refractivity contribution in [3.05, 3.63) is 0 Å². The lowest BCUT2D eigenvalue weighted by molar-refractivity contribution is -0.135. The van der Waals surface area contributed by atoms with Gasteiger partial charge in [0.15, 0.2) is 0 Å². The lowest BCUT2D eigenvalue weighted by atomic mass is 9.77. The standard InChI is InChI=1S/C12H23I2NO/c1-8(11(2,3)13)9(12(4,5)14)10(16)15(6)7/h8-9H,1-7H3. The Morgan fingerprint density at radius 1 is 1.06 bits per heavy atom. The predicted molar refractivity (Wildman–Crippen MR) is 87.5 cm³/mol. The van der Waals surface area contributed by atoms with Gasteiger partial charge in [0.25, 0.3) is 0 Å². The molecule has 0 rings (SSSR count). The van der Waals surface area contributed by atoms with Crippen LogP contribution in [0.1, 0.15) is 34.6 Å². The first-order valence-corrected chi connectivity index (χ1v) is 7.63. The molecule has 0 aromatic rings. The zero-order chi connectivity index (χ0) is 13.3. The Morgan fingerprint density at radius 2 is 1.44 bits per heavy atom. The van der Waals surface area contributed by atoms with Gasteiger partial charge in [0.2, 0.25) is 5.91 Å². The van der Waals surface area contributed by atoms with Crippen molar-refractivity contribution in [2.75, 3.05) is 14.1 Å². The van der Waals surface area contributed by atoms with Gasteiger partial charge < -0.3 is 4.90 Å². The summed E-state index contributed by atoms with van der Waals surface area (Å²) in [4.78, 5) is 14.0. The molecule has 0 aliphatic rings. The number of hydrogen-bond acceptors (Lipinski definition) is 1. The number of carbonyl (C=O) groups excluding carboxylic acids is 1. The van der Waals surface area contributed by atoms with Crippen LogP contribution in [0.3, 0.4) is 0 Å². The van der Waals surface area contributed by atoms with Crippen molar-refractivity contribution in [3.63, 3.8) is 0 Å². The van der Waals surface area contributed by atoms with E-state index in [1.165, 1.54) is 0 Å². The van der Waals surface area contributed by atoms with Crippen LogP contribution in [0.2, 0.25) is 0 Å². The smallest absolute Gasteiger partial charge is 0.226 e. The number of amides is 1. The van der Waals surface area contributed by atoms with Crippen LogP contribution in [0.15, 0.2) is 0 Å². The normalized spacial score (nSPS) is 16.8. The maximum absolute atomic E-state index is 12.3. The fraction of sp³-hybridized carbons (Fsp3) is 0.917. The number of halogens is 2. The van der Waals surface area contributed by atoms with Gasteiger partial charge in [-0.25, -0.2) is 0 Å². The quantitative estimate of drug-likeness (QED) is 0.471. The Labute approximate surface area is 127 Å². The molecule has 0 radical (unpaired) electrons. The van der Waals surface area contributed by atoms with Gasteiger partial charge in [0.05, 0.1) is 5.92 Å². The summed E-state index contributed by atoms with van der Waals surface area (Å²) in [6, 6.07) is 0. The van der Waals surface area contributed by atoms with Gasteiger partial charge in [-0.05, 0) is 5.92 Å². The largest absolute Gasteiger partial charge is 0.349 e. The monoisotopic (exact) mass is 451 g/mol. The van der Waals surface area contributed by atoms with Gasteiger partial charge in [-0.3, -0.25) is 4.79 Å². The van der Waals surface area contributed by atoms with Gasteiger partial charge in [-0.2, -0.15) is 0 Å². The molecule has 0 aromatic heterocycles. The highest BCUT2D eigenvalue weighted by Crippen LogP contribution is 2.42. The second kappa shape index (κ2) is 5.71. The van der Waals surface area contributed by atoms with Gasteiger partial charge >= 0.3 is 0 Å². The van der Waals surface area contributed by atoms with E-state index < -0.39 is 0 Å². The molecule has 0 heterocycles. The number of rotatable bonds is 4. The SMILES string of the molecule is CC(C(C(=O)N(C)C)C(C)(C)I)C(C)(C)I. The molecule has 2 atom stereocenters. The van der Waals surface area contributed by atoms with Crippen LogP contribution in [0.5, 0.6) is 0 Å². The number of nitrogens with zero attached hydrogens (tertiary/aromatic N) is 1. The summed E-state index contributed by atoms with van der Waals surface area (Å²) in [6.07, 6.45) is 0. The summed E-state index contributed by atoms with van der Waals surface area (Å²) in [5.41, 5.74) is 0. The van der Waals surface area contributed by atoms with Crippen LogP contribution < -0.4 is 0 Å². The van der Waals surface area contributed by atoms with Crippen molar-refractivity contribution in [1.29, 1.82) is 0 Å². The second-order valence-corrected chi connectivity index (χ2v) is 11.2. The molecule has 2 unspecified atom stereocenters. The Hall–Kier alpha value is 0.930. The molecule has 0 saturated heterocycles. The van der Waals surface area contributed by atoms with Crippen molar-refractivity contribution in [2.24, 2.45) is 11.8 Å². The average Bonchev–Trinajstić information content (AvgIpc) is 1.99. The average molecular weight is 451 g/mol. The molecule has 0 bridgehead atoms. The maximum atomic E-state index is 12.3. The lowest BCUT2D eigenvalue weighted by Gasteiger charge is -2.39. The minimum absolute atomic E-state index is 0.0268. The molecule has 0 aliphatic carbocycles. The van der Waals surface area contributed by atoms with Crippen LogP contribution in [0.4, 0.5) is 0 Å². The van der Waals surface area contributed by atoms with Crippen LogP contribution in [0.25, 0.3) is 0 Å². The molecule has 96 valence electrons. The predicted octanol–water partition coefficient (Wildman–Crippen LogP) is 3.75. The number of hydrogen-bond donors (Lipinski definition) is 0. The Balaban J connectivity index is 5.21. The lowest BCUT2D eigenvalue weighted by Crippen LogP contribution is -2.47. The van der Waals surface area contributed by atoms with E-state index in [1.807, 2.05) is 14.1 Å². The van der Waals surface area contributed by atoms with Crippen molar-refractivity contribution in [1.82, 2.24) is 4.90 Å². The topological polar surface area (TPSA) is 20.3 Å². The number of alkyl halides is 2. The summed E-state index contributed by atoms with van der Waals surface area (Å²) in [5.74, 6) is 0.626. The van der Waals surface area contributed by atoms with Gasteiger partial charge in [0.1, 0.15) is 0 Å². The first kappa shape index (κ1) is 16.9. The third kappa shape index (κ3) is 4.66. The molecular weight excluding hydrogens is 428 g/mol. The summed E-state index contributed by atoms with van der Waals surface area (Å²) in [5, 5.41) is 0. The molecule has 0 N–H and O–H groups in total. The van der Waals surface area contributed by atoms with Crippen LogP contribution >= 0.6 is 45.2 Å². The van der Waals surface area contributed by atoms with Crippen molar-refractivity contribution in [3.8, 4) is 0 Å². The molecule has 2 nitrogen and oxygen atoms in total. The summed E-state index contributed by atoms with van der Waals surface area (Å²) < 4.78 is 0.0948. The zero-order valence-electron chi connectivity index (χ0n) is 11.3. The highest BCUT2D eigenvalue weighted by Gasteiger charge is 2.43.